The summed E-state index contributed by atoms with van der Waals surface area (Å²) < 4.78 is 0. The maximum absolute atomic E-state index is 4.09. The van der Waals surface area contributed by atoms with Gasteiger partial charge in [0.05, 0.1) is 0 Å². The molecule has 1 N–H and O–H groups in total. The lowest BCUT2D eigenvalue weighted by Gasteiger charge is -2.10. The molecule has 0 heterocycles. The highest BCUT2D eigenvalue weighted by Gasteiger charge is 2.01. The van der Waals surface area contributed by atoms with Crippen molar-refractivity contribution in [2.24, 2.45) is 0 Å². The van der Waals surface area contributed by atoms with Crippen molar-refractivity contribution in [3.05, 3.63) is 78.9 Å². The highest BCUT2D eigenvalue weighted by atomic mass is 14.9. The molecule has 0 radical (unpaired) electrons. The van der Waals surface area contributed by atoms with Gasteiger partial charge in [0, 0.05) is 12.2 Å². The van der Waals surface area contributed by atoms with Gasteiger partial charge in [0.2, 0.25) is 0 Å². The van der Waals surface area contributed by atoms with Gasteiger partial charge in [0.1, 0.15) is 0 Å². The van der Waals surface area contributed by atoms with E-state index in [4.69, 9.17) is 0 Å². The van der Waals surface area contributed by atoms with Gasteiger partial charge in [-0.05, 0) is 35.1 Å². The van der Waals surface area contributed by atoms with E-state index in [2.05, 4.69) is 73.9 Å². The van der Waals surface area contributed by atoms with Gasteiger partial charge in [-0.1, -0.05) is 74.5 Å². The first-order valence-electron chi connectivity index (χ1n) is 7.98. The van der Waals surface area contributed by atoms with E-state index in [-0.39, 0.29) is 0 Å². The molecular formula is C21H25N. The number of rotatable bonds is 8. The van der Waals surface area contributed by atoms with Crippen LogP contribution in [0.25, 0.3) is 16.8 Å². The molecule has 0 unspecified atom stereocenters. The Morgan fingerprint density at radius 3 is 2.14 bits per heavy atom. The molecule has 0 aliphatic heterocycles. The topological polar surface area (TPSA) is 12.0 Å². The van der Waals surface area contributed by atoms with Crippen LogP contribution in [-0.4, -0.2) is 6.54 Å². The molecule has 0 aromatic heterocycles. The number of benzene rings is 2. The molecule has 114 valence electrons. The first kappa shape index (κ1) is 16.1. The summed E-state index contributed by atoms with van der Waals surface area (Å²) in [5.41, 5.74) is 6.01. The zero-order valence-electron chi connectivity index (χ0n) is 13.4. The molecule has 2 aromatic carbocycles. The molecule has 1 nitrogen and oxygen atoms in total. The second-order valence-electron chi connectivity index (χ2n) is 5.51. The van der Waals surface area contributed by atoms with Gasteiger partial charge in [0.25, 0.3) is 0 Å². The first-order valence-corrected chi connectivity index (χ1v) is 7.98. The molecule has 0 saturated heterocycles. The predicted molar refractivity (Wildman–Crippen MR) is 97.7 cm³/mol. The van der Waals surface area contributed by atoms with Crippen molar-refractivity contribution >= 4 is 5.70 Å². The molecule has 0 atom stereocenters. The van der Waals surface area contributed by atoms with E-state index in [0.29, 0.717) is 0 Å². The van der Waals surface area contributed by atoms with Crippen LogP contribution in [0.1, 0.15) is 30.9 Å². The highest BCUT2D eigenvalue weighted by molar-refractivity contribution is 5.68. The van der Waals surface area contributed by atoms with Crippen molar-refractivity contribution in [3.8, 4) is 11.1 Å². The second kappa shape index (κ2) is 8.23. The zero-order valence-corrected chi connectivity index (χ0v) is 13.4. The molecule has 0 amide bonds. The third kappa shape index (κ3) is 4.36. The quantitative estimate of drug-likeness (QED) is 0.504. The summed E-state index contributed by atoms with van der Waals surface area (Å²) in [6, 6.07) is 17.4. The van der Waals surface area contributed by atoms with Crippen molar-refractivity contribution in [2.45, 2.75) is 26.2 Å². The van der Waals surface area contributed by atoms with Gasteiger partial charge in [-0.25, -0.2) is 0 Å². The van der Waals surface area contributed by atoms with Crippen molar-refractivity contribution in [3.63, 3.8) is 0 Å². The van der Waals surface area contributed by atoms with Crippen LogP contribution in [0.3, 0.4) is 0 Å². The smallest absolute Gasteiger partial charge is 0.0340 e. The summed E-state index contributed by atoms with van der Waals surface area (Å²) in [5.74, 6) is 0. The molecule has 0 spiro atoms. The van der Waals surface area contributed by atoms with E-state index in [1.54, 1.807) is 0 Å². The summed E-state index contributed by atoms with van der Waals surface area (Å²) in [6.45, 7) is 10.9. The molecule has 0 aliphatic carbocycles. The van der Waals surface area contributed by atoms with Crippen molar-refractivity contribution in [1.29, 1.82) is 0 Å². The normalized spacial score (nSPS) is 10.2. The Balaban J connectivity index is 2.04. The van der Waals surface area contributed by atoms with Crippen LogP contribution in [0.5, 0.6) is 0 Å². The van der Waals surface area contributed by atoms with Crippen LogP contribution in [0, 0.1) is 0 Å². The summed E-state index contributed by atoms with van der Waals surface area (Å²) >= 11 is 0. The maximum Gasteiger partial charge on any atom is 0.0340 e. The number of hydrogen-bond donors (Lipinski definition) is 1. The lowest BCUT2D eigenvalue weighted by molar-refractivity contribution is 0.872. The Morgan fingerprint density at radius 2 is 1.59 bits per heavy atom. The standard InChI is InChI=1S/C21H25N/c1-4-6-16-22-17(3)19-12-14-21(15-13-19)20-10-8-18(7-5-2)9-11-20/h4,8-15,22H,1,3,5-7,16H2,2H3. The highest BCUT2D eigenvalue weighted by Crippen LogP contribution is 2.22. The largest absolute Gasteiger partial charge is 0.385 e. The fraction of sp³-hybridized carbons (Fsp3) is 0.238. The minimum absolute atomic E-state index is 0.878. The SMILES string of the molecule is C=CCCNC(=C)c1ccc(-c2ccc(CCC)cc2)cc1. The average Bonchev–Trinajstić information content (AvgIpc) is 2.56. The molecule has 2 rings (SSSR count). The van der Waals surface area contributed by atoms with Crippen LogP contribution in [0.4, 0.5) is 0 Å². The van der Waals surface area contributed by atoms with Gasteiger partial charge in [-0.2, -0.15) is 0 Å². The molecule has 0 fully saturated rings. The van der Waals surface area contributed by atoms with Crippen LogP contribution in [0.15, 0.2) is 67.8 Å². The molecule has 0 aliphatic rings. The van der Waals surface area contributed by atoms with Gasteiger partial charge >= 0.3 is 0 Å². The van der Waals surface area contributed by atoms with E-state index in [1.165, 1.54) is 23.1 Å². The second-order valence-corrected chi connectivity index (χ2v) is 5.51. The molecule has 1 heteroatoms. The van der Waals surface area contributed by atoms with Crippen molar-refractivity contribution in [2.75, 3.05) is 6.54 Å². The number of hydrogen-bond acceptors (Lipinski definition) is 1. The minimum atomic E-state index is 0.878. The third-order valence-corrected chi connectivity index (χ3v) is 3.75. The Hall–Kier alpha value is -2.28. The lowest BCUT2D eigenvalue weighted by Crippen LogP contribution is -2.11. The van der Waals surface area contributed by atoms with E-state index in [0.717, 1.165) is 30.6 Å². The van der Waals surface area contributed by atoms with Crippen molar-refractivity contribution < 1.29 is 0 Å². The van der Waals surface area contributed by atoms with Gasteiger partial charge in [0.15, 0.2) is 0 Å². The van der Waals surface area contributed by atoms with Crippen LogP contribution in [-0.2, 0) is 6.42 Å². The average molecular weight is 291 g/mol. The fourth-order valence-electron chi connectivity index (χ4n) is 2.44. The predicted octanol–water partition coefficient (Wildman–Crippen LogP) is 5.44. The minimum Gasteiger partial charge on any atom is -0.385 e. The molecule has 2 aromatic rings. The zero-order chi connectivity index (χ0) is 15.8. The van der Waals surface area contributed by atoms with E-state index < -0.39 is 0 Å². The Bertz CT molecular complexity index is 605. The summed E-state index contributed by atoms with van der Waals surface area (Å²) in [7, 11) is 0. The summed E-state index contributed by atoms with van der Waals surface area (Å²) in [6.07, 6.45) is 5.19. The van der Waals surface area contributed by atoms with Crippen LogP contribution < -0.4 is 5.32 Å². The van der Waals surface area contributed by atoms with Crippen LogP contribution >= 0.6 is 0 Å². The van der Waals surface area contributed by atoms with E-state index in [1.807, 2.05) is 6.08 Å². The number of aryl methyl sites for hydroxylation is 1. The lowest BCUT2D eigenvalue weighted by atomic mass is 10.0. The van der Waals surface area contributed by atoms with Gasteiger partial charge in [-0.15, -0.1) is 6.58 Å². The molecule has 0 saturated carbocycles. The summed E-state index contributed by atoms with van der Waals surface area (Å²) in [4.78, 5) is 0. The fourth-order valence-corrected chi connectivity index (χ4v) is 2.44. The van der Waals surface area contributed by atoms with Gasteiger partial charge in [-0.3, -0.25) is 0 Å². The first-order chi connectivity index (χ1) is 10.7. The Morgan fingerprint density at radius 1 is 1.00 bits per heavy atom. The monoisotopic (exact) mass is 291 g/mol. The third-order valence-electron chi connectivity index (χ3n) is 3.75. The molecule has 0 bridgehead atoms. The van der Waals surface area contributed by atoms with E-state index in [9.17, 15) is 0 Å². The van der Waals surface area contributed by atoms with Crippen molar-refractivity contribution in [1.82, 2.24) is 5.32 Å². The maximum atomic E-state index is 4.09. The number of nitrogens with one attached hydrogen (secondary N) is 1. The molecular weight excluding hydrogens is 266 g/mol. The van der Waals surface area contributed by atoms with E-state index >= 15 is 0 Å². The van der Waals surface area contributed by atoms with Gasteiger partial charge < -0.3 is 5.32 Å². The molecule has 22 heavy (non-hydrogen) atoms. The summed E-state index contributed by atoms with van der Waals surface area (Å²) in [5, 5.41) is 3.31. The Labute approximate surface area is 134 Å². The van der Waals surface area contributed by atoms with Crippen LogP contribution in [0.2, 0.25) is 0 Å². The Kier molecular flexibility index (Phi) is 6.02.